The van der Waals surface area contributed by atoms with E-state index in [1.165, 1.54) is 0 Å². The van der Waals surface area contributed by atoms with Crippen molar-refractivity contribution in [3.63, 3.8) is 0 Å². The number of imidazole rings is 1. The topological polar surface area (TPSA) is 65.6 Å². The predicted molar refractivity (Wildman–Crippen MR) is 50.5 cm³/mol. The molecule has 0 bridgehead atoms. The van der Waals surface area contributed by atoms with Crippen LogP contribution in [-0.4, -0.2) is 9.97 Å². The Morgan fingerprint density at radius 3 is 2.79 bits per heavy atom. The van der Waals surface area contributed by atoms with Crippen LogP contribution in [-0.2, 0) is 0 Å². The van der Waals surface area contributed by atoms with Gasteiger partial charge < -0.3 is 9.40 Å². The van der Waals surface area contributed by atoms with E-state index >= 15 is 0 Å². The van der Waals surface area contributed by atoms with Gasteiger partial charge >= 0.3 is 0 Å². The first-order valence-corrected chi connectivity index (χ1v) is 4.24. The number of H-pyrrole nitrogens is 1. The van der Waals surface area contributed by atoms with Crippen molar-refractivity contribution >= 4 is 0 Å². The monoisotopic (exact) mass is 187 g/mol. The van der Waals surface area contributed by atoms with Crippen molar-refractivity contribution < 1.29 is 4.42 Å². The summed E-state index contributed by atoms with van der Waals surface area (Å²) in [4.78, 5) is 7.04. The maximum absolute atomic E-state index is 8.83. The fourth-order valence-corrected chi connectivity index (χ4v) is 1.32. The molecule has 0 fully saturated rings. The molecular weight excluding hydrogens is 178 g/mol. The third-order valence-corrected chi connectivity index (χ3v) is 1.91. The van der Waals surface area contributed by atoms with Gasteiger partial charge in [-0.1, -0.05) is 0 Å². The lowest BCUT2D eigenvalue weighted by atomic mass is 10.3. The molecule has 0 saturated heterocycles. The number of nitrogens with one attached hydrogen (secondary N) is 1. The molecule has 0 spiro atoms. The predicted octanol–water partition coefficient (Wildman–Crippen LogP) is 2.16. The first kappa shape index (κ1) is 8.57. The van der Waals surface area contributed by atoms with Gasteiger partial charge in [0.2, 0.25) is 0 Å². The van der Waals surface area contributed by atoms with E-state index in [4.69, 9.17) is 9.68 Å². The van der Waals surface area contributed by atoms with E-state index < -0.39 is 0 Å². The summed E-state index contributed by atoms with van der Waals surface area (Å²) in [6.45, 7) is 3.67. The molecule has 70 valence electrons. The number of aromatic amines is 1. The van der Waals surface area contributed by atoms with Gasteiger partial charge in [-0.2, -0.15) is 5.26 Å². The Balaban J connectivity index is 2.56. The minimum absolute atomic E-state index is 0.372. The van der Waals surface area contributed by atoms with Crippen molar-refractivity contribution in [3.05, 3.63) is 29.4 Å². The molecule has 4 heteroatoms. The first-order valence-electron chi connectivity index (χ1n) is 4.24. The molecule has 0 aromatic carbocycles. The lowest BCUT2D eigenvalue weighted by Gasteiger charge is -1.90. The average Bonchev–Trinajstić information content (AvgIpc) is 2.71. The molecule has 0 saturated carbocycles. The summed E-state index contributed by atoms with van der Waals surface area (Å²) in [6, 6.07) is 5.70. The number of rotatable bonds is 1. The van der Waals surface area contributed by atoms with Crippen LogP contribution >= 0.6 is 0 Å². The van der Waals surface area contributed by atoms with Gasteiger partial charge in [-0.25, -0.2) is 4.98 Å². The molecule has 0 aliphatic carbocycles. The fraction of sp³-hybridized carbons (Fsp3) is 0.200. The highest BCUT2D eigenvalue weighted by Crippen LogP contribution is 2.22. The van der Waals surface area contributed by atoms with E-state index in [1.807, 2.05) is 25.1 Å². The van der Waals surface area contributed by atoms with Crippen LogP contribution in [0.1, 0.15) is 17.3 Å². The van der Waals surface area contributed by atoms with Crippen LogP contribution in [0.15, 0.2) is 16.5 Å². The highest BCUT2D eigenvalue weighted by molar-refractivity contribution is 5.59. The second kappa shape index (κ2) is 3.04. The number of nitriles is 1. The second-order valence-electron chi connectivity index (χ2n) is 3.07. The third kappa shape index (κ3) is 1.29. The smallest absolute Gasteiger partial charge is 0.169 e. The van der Waals surface area contributed by atoms with Gasteiger partial charge in [-0.15, -0.1) is 0 Å². The van der Waals surface area contributed by atoms with Crippen molar-refractivity contribution in [2.75, 3.05) is 0 Å². The molecule has 0 atom stereocenters. The van der Waals surface area contributed by atoms with Gasteiger partial charge in [-0.05, 0) is 26.0 Å². The van der Waals surface area contributed by atoms with Crippen molar-refractivity contribution in [1.82, 2.24) is 9.97 Å². The zero-order chi connectivity index (χ0) is 10.1. The molecule has 0 unspecified atom stereocenters. The zero-order valence-electron chi connectivity index (χ0n) is 7.96. The fourth-order valence-electron chi connectivity index (χ4n) is 1.32. The molecule has 14 heavy (non-hydrogen) atoms. The van der Waals surface area contributed by atoms with Gasteiger partial charge in [0, 0.05) is 0 Å². The van der Waals surface area contributed by atoms with Gasteiger partial charge in [0.05, 0.1) is 0 Å². The Labute approximate surface area is 81.2 Å². The van der Waals surface area contributed by atoms with E-state index in [1.54, 1.807) is 6.92 Å². The summed E-state index contributed by atoms with van der Waals surface area (Å²) in [5.41, 5.74) is 1.02. The van der Waals surface area contributed by atoms with Crippen LogP contribution in [0.3, 0.4) is 0 Å². The maximum Gasteiger partial charge on any atom is 0.169 e. The van der Waals surface area contributed by atoms with E-state index in [9.17, 15) is 0 Å². The Bertz CT molecular complexity index is 502. The standard InChI is InChI=1S/C10H9N3O/c1-6-3-4-9(14-6)10-8(5-11)12-7(2)13-10/h3-4H,1-2H3,(H,12,13). The van der Waals surface area contributed by atoms with E-state index in [2.05, 4.69) is 9.97 Å². The Kier molecular flexibility index (Phi) is 1.86. The molecule has 0 radical (unpaired) electrons. The summed E-state index contributed by atoms with van der Waals surface area (Å²) in [6.07, 6.45) is 0. The Hall–Kier alpha value is -2.02. The molecule has 1 N–H and O–H groups in total. The van der Waals surface area contributed by atoms with Crippen LogP contribution in [0.2, 0.25) is 0 Å². The van der Waals surface area contributed by atoms with E-state index in [0.29, 0.717) is 23.0 Å². The molecule has 4 nitrogen and oxygen atoms in total. The lowest BCUT2D eigenvalue weighted by Crippen LogP contribution is -1.78. The summed E-state index contributed by atoms with van der Waals surface area (Å²) in [5.74, 6) is 2.18. The highest BCUT2D eigenvalue weighted by Gasteiger charge is 2.12. The van der Waals surface area contributed by atoms with Crippen molar-refractivity contribution in [1.29, 1.82) is 5.26 Å². The zero-order valence-corrected chi connectivity index (χ0v) is 7.96. The van der Waals surface area contributed by atoms with Crippen molar-refractivity contribution in [3.8, 4) is 17.5 Å². The molecule has 2 rings (SSSR count). The Morgan fingerprint density at radius 2 is 2.21 bits per heavy atom. The summed E-state index contributed by atoms with van der Waals surface area (Å²) in [7, 11) is 0. The van der Waals surface area contributed by atoms with Gasteiger partial charge in [0.1, 0.15) is 23.3 Å². The quantitative estimate of drug-likeness (QED) is 0.743. The van der Waals surface area contributed by atoms with Crippen molar-refractivity contribution in [2.45, 2.75) is 13.8 Å². The first-order chi connectivity index (χ1) is 6.70. The number of hydrogen-bond acceptors (Lipinski definition) is 3. The average molecular weight is 187 g/mol. The maximum atomic E-state index is 8.83. The highest BCUT2D eigenvalue weighted by atomic mass is 16.3. The second-order valence-corrected chi connectivity index (χ2v) is 3.07. The van der Waals surface area contributed by atoms with Crippen LogP contribution in [0.4, 0.5) is 0 Å². The van der Waals surface area contributed by atoms with Gasteiger partial charge in [0.15, 0.2) is 11.5 Å². The number of hydrogen-bond donors (Lipinski definition) is 1. The normalized spacial score (nSPS) is 10.1. The van der Waals surface area contributed by atoms with Crippen LogP contribution < -0.4 is 0 Å². The number of aromatic nitrogens is 2. The van der Waals surface area contributed by atoms with Crippen molar-refractivity contribution in [2.24, 2.45) is 0 Å². The molecule has 2 aromatic rings. The Morgan fingerprint density at radius 1 is 1.43 bits per heavy atom. The van der Waals surface area contributed by atoms with Crippen LogP contribution in [0, 0.1) is 25.2 Å². The largest absolute Gasteiger partial charge is 0.460 e. The summed E-state index contributed by atoms with van der Waals surface area (Å²) in [5, 5.41) is 8.83. The molecule has 2 heterocycles. The minimum atomic E-state index is 0.372. The number of furan rings is 1. The number of nitrogens with zero attached hydrogens (tertiary/aromatic N) is 2. The molecule has 0 aliphatic rings. The van der Waals surface area contributed by atoms with Gasteiger partial charge in [0.25, 0.3) is 0 Å². The molecular formula is C10H9N3O. The lowest BCUT2D eigenvalue weighted by molar-refractivity contribution is 0.546. The SMILES string of the molecule is Cc1nc(C#N)c(-c2ccc(C)o2)[nH]1. The molecule has 0 aliphatic heterocycles. The van der Waals surface area contributed by atoms with E-state index in [0.717, 1.165) is 5.76 Å². The number of aryl methyl sites for hydroxylation is 2. The summed E-state index contributed by atoms with van der Waals surface area (Å²) >= 11 is 0. The molecule has 0 amide bonds. The van der Waals surface area contributed by atoms with Crippen LogP contribution in [0.5, 0.6) is 0 Å². The third-order valence-electron chi connectivity index (χ3n) is 1.91. The summed E-state index contributed by atoms with van der Waals surface area (Å²) < 4.78 is 5.40. The molecule has 2 aromatic heterocycles. The van der Waals surface area contributed by atoms with Crippen LogP contribution in [0.25, 0.3) is 11.5 Å². The van der Waals surface area contributed by atoms with E-state index in [-0.39, 0.29) is 0 Å². The van der Waals surface area contributed by atoms with Gasteiger partial charge in [-0.3, -0.25) is 0 Å². The minimum Gasteiger partial charge on any atom is -0.460 e.